The molecule has 0 spiro atoms. The first-order valence-electron chi connectivity index (χ1n) is 6.73. The lowest BCUT2D eigenvalue weighted by Gasteiger charge is -2.36. The zero-order chi connectivity index (χ0) is 12.7. The Morgan fingerprint density at radius 2 is 1.65 bits per heavy atom. The molecule has 1 N–H and O–H groups in total. The molecule has 1 saturated heterocycles. The zero-order valence-electron chi connectivity index (χ0n) is 11.4. The van der Waals surface area contributed by atoms with Crippen molar-refractivity contribution in [2.24, 2.45) is 5.92 Å². The molecule has 1 rings (SSSR count). The van der Waals surface area contributed by atoms with Gasteiger partial charge >= 0.3 is 0 Å². The minimum Gasteiger partial charge on any atom is -0.301 e. The smallest absolute Gasteiger partial charge is 0.108 e. The van der Waals surface area contributed by atoms with Crippen LogP contribution < -0.4 is 5.32 Å². The van der Waals surface area contributed by atoms with Gasteiger partial charge in [-0.2, -0.15) is 5.26 Å². The van der Waals surface area contributed by atoms with Crippen LogP contribution in [-0.2, 0) is 0 Å². The molecule has 0 radical (unpaired) electrons. The largest absolute Gasteiger partial charge is 0.301 e. The molecular formula is C13H26N4. The van der Waals surface area contributed by atoms with E-state index in [9.17, 15) is 0 Å². The molecule has 1 atom stereocenters. The number of nitriles is 1. The molecule has 4 heteroatoms. The van der Waals surface area contributed by atoms with E-state index in [-0.39, 0.29) is 6.04 Å². The molecule has 4 nitrogen and oxygen atoms in total. The van der Waals surface area contributed by atoms with E-state index in [0.717, 1.165) is 45.2 Å². The highest BCUT2D eigenvalue weighted by atomic mass is 15.3. The van der Waals surface area contributed by atoms with Gasteiger partial charge in [-0.3, -0.25) is 4.90 Å². The van der Waals surface area contributed by atoms with Crippen molar-refractivity contribution in [3.8, 4) is 6.07 Å². The lowest BCUT2D eigenvalue weighted by atomic mass is 10.2. The van der Waals surface area contributed by atoms with Gasteiger partial charge in [-0.15, -0.1) is 0 Å². The van der Waals surface area contributed by atoms with E-state index in [1.54, 1.807) is 0 Å². The summed E-state index contributed by atoms with van der Waals surface area (Å²) in [5.74, 6) is 0.746. The quantitative estimate of drug-likeness (QED) is 0.742. The van der Waals surface area contributed by atoms with Gasteiger partial charge in [0.15, 0.2) is 0 Å². The molecule has 0 aliphatic carbocycles. The van der Waals surface area contributed by atoms with Gasteiger partial charge in [-0.1, -0.05) is 20.8 Å². The highest BCUT2D eigenvalue weighted by Gasteiger charge is 2.19. The lowest BCUT2D eigenvalue weighted by molar-refractivity contribution is 0.118. The van der Waals surface area contributed by atoms with Crippen LogP contribution in [0.1, 0.15) is 20.8 Å². The average molecular weight is 238 g/mol. The van der Waals surface area contributed by atoms with E-state index >= 15 is 0 Å². The van der Waals surface area contributed by atoms with Crippen LogP contribution in [0.2, 0.25) is 0 Å². The van der Waals surface area contributed by atoms with Gasteiger partial charge in [0.1, 0.15) is 6.04 Å². The third-order valence-corrected chi connectivity index (χ3v) is 3.14. The van der Waals surface area contributed by atoms with Gasteiger partial charge in [0.25, 0.3) is 0 Å². The van der Waals surface area contributed by atoms with Crippen LogP contribution in [0.5, 0.6) is 0 Å². The molecule has 0 saturated carbocycles. The normalized spacial score (nSPS) is 20.4. The Morgan fingerprint density at radius 1 is 1.12 bits per heavy atom. The van der Waals surface area contributed by atoms with E-state index in [2.05, 4.69) is 35.0 Å². The first-order chi connectivity index (χ1) is 8.15. The van der Waals surface area contributed by atoms with Crippen molar-refractivity contribution in [2.75, 3.05) is 45.8 Å². The third kappa shape index (κ3) is 5.49. The highest BCUT2D eigenvalue weighted by molar-refractivity contribution is 4.92. The molecular weight excluding hydrogens is 212 g/mol. The molecule has 0 bridgehead atoms. The Hall–Kier alpha value is -0.630. The highest BCUT2D eigenvalue weighted by Crippen LogP contribution is 2.05. The van der Waals surface area contributed by atoms with Gasteiger partial charge in [-0.25, -0.2) is 0 Å². The van der Waals surface area contributed by atoms with Crippen LogP contribution >= 0.6 is 0 Å². The number of hydrogen-bond donors (Lipinski definition) is 1. The molecule has 1 fully saturated rings. The van der Waals surface area contributed by atoms with E-state index in [1.807, 2.05) is 6.92 Å². The zero-order valence-corrected chi connectivity index (χ0v) is 11.4. The monoisotopic (exact) mass is 238 g/mol. The van der Waals surface area contributed by atoms with Gasteiger partial charge in [0.05, 0.1) is 6.07 Å². The molecule has 0 aromatic heterocycles. The van der Waals surface area contributed by atoms with Crippen LogP contribution in [0.15, 0.2) is 0 Å². The van der Waals surface area contributed by atoms with Crippen molar-refractivity contribution in [2.45, 2.75) is 26.8 Å². The van der Waals surface area contributed by atoms with Crippen molar-refractivity contribution in [1.29, 1.82) is 5.26 Å². The Bertz CT molecular complexity index is 238. The number of piperazine rings is 1. The predicted octanol–water partition coefficient (Wildman–Crippen LogP) is 0.762. The van der Waals surface area contributed by atoms with Crippen LogP contribution in [0, 0.1) is 17.2 Å². The number of hydrogen-bond acceptors (Lipinski definition) is 4. The lowest BCUT2D eigenvalue weighted by Crippen LogP contribution is -2.51. The summed E-state index contributed by atoms with van der Waals surface area (Å²) < 4.78 is 0. The van der Waals surface area contributed by atoms with Gasteiger partial charge in [0, 0.05) is 39.3 Å². The second kappa shape index (κ2) is 7.65. The molecule has 1 heterocycles. The summed E-state index contributed by atoms with van der Waals surface area (Å²) in [6.07, 6.45) is 0. The standard InChI is InChI=1S/C13H26N4/c1-4-15-13(9-14)11-17-7-5-16(6-8-17)10-12(2)3/h12-13,15H,4-8,10-11H2,1-3H3. The van der Waals surface area contributed by atoms with Gasteiger partial charge in [-0.05, 0) is 12.5 Å². The van der Waals surface area contributed by atoms with Crippen LogP contribution in [0.25, 0.3) is 0 Å². The average Bonchev–Trinajstić information content (AvgIpc) is 2.30. The Kier molecular flexibility index (Phi) is 6.49. The molecule has 0 aromatic carbocycles. The number of likely N-dealkylation sites (N-methyl/N-ethyl adjacent to an activating group) is 1. The number of rotatable bonds is 6. The molecule has 1 unspecified atom stereocenters. The molecule has 0 amide bonds. The van der Waals surface area contributed by atoms with Crippen molar-refractivity contribution in [3.63, 3.8) is 0 Å². The summed E-state index contributed by atoms with van der Waals surface area (Å²) in [5, 5.41) is 12.2. The maximum atomic E-state index is 9.01. The SMILES string of the molecule is CCNC(C#N)CN1CCN(CC(C)C)CC1. The Balaban J connectivity index is 2.25. The minimum absolute atomic E-state index is 0.0170. The number of nitrogens with one attached hydrogen (secondary N) is 1. The fraction of sp³-hybridized carbons (Fsp3) is 0.923. The Labute approximate surface area is 106 Å². The van der Waals surface area contributed by atoms with Crippen molar-refractivity contribution < 1.29 is 0 Å². The second-order valence-corrected chi connectivity index (χ2v) is 5.23. The number of nitrogens with zero attached hydrogens (tertiary/aromatic N) is 3. The first kappa shape index (κ1) is 14.4. The summed E-state index contributed by atoms with van der Waals surface area (Å²) in [5.41, 5.74) is 0. The van der Waals surface area contributed by atoms with Crippen molar-refractivity contribution in [1.82, 2.24) is 15.1 Å². The molecule has 98 valence electrons. The second-order valence-electron chi connectivity index (χ2n) is 5.23. The van der Waals surface area contributed by atoms with E-state index in [1.165, 1.54) is 6.54 Å². The summed E-state index contributed by atoms with van der Waals surface area (Å²) in [4.78, 5) is 4.92. The Morgan fingerprint density at radius 3 is 2.06 bits per heavy atom. The van der Waals surface area contributed by atoms with E-state index in [0.29, 0.717) is 0 Å². The molecule has 0 aromatic rings. The first-order valence-corrected chi connectivity index (χ1v) is 6.73. The summed E-state index contributed by atoms with van der Waals surface area (Å²) in [6, 6.07) is 2.31. The summed E-state index contributed by atoms with van der Waals surface area (Å²) in [6.45, 7) is 14.0. The van der Waals surface area contributed by atoms with Crippen LogP contribution in [0.4, 0.5) is 0 Å². The predicted molar refractivity (Wildman–Crippen MR) is 70.8 cm³/mol. The van der Waals surface area contributed by atoms with Gasteiger partial charge in [0.2, 0.25) is 0 Å². The van der Waals surface area contributed by atoms with E-state index < -0.39 is 0 Å². The minimum atomic E-state index is -0.0170. The summed E-state index contributed by atoms with van der Waals surface area (Å²) in [7, 11) is 0. The fourth-order valence-electron chi connectivity index (χ4n) is 2.33. The van der Waals surface area contributed by atoms with Crippen LogP contribution in [-0.4, -0.2) is 61.7 Å². The third-order valence-electron chi connectivity index (χ3n) is 3.14. The van der Waals surface area contributed by atoms with E-state index in [4.69, 9.17) is 5.26 Å². The molecule has 1 aliphatic heterocycles. The summed E-state index contributed by atoms with van der Waals surface area (Å²) >= 11 is 0. The molecule has 17 heavy (non-hydrogen) atoms. The van der Waals surface area contributed by atoms with Crippen molar-refractivity contribution in [3.05, 3.63) is 0 Å². The van der Waals surface area contributed by atoms with Crippen molar-refractivity contribution >= 4 is 0 Å². The fourth-order valence-corrected chi connectivity index (χ4v) is 2.33. The van der Waals surface area contributed by atoms with Crippen LogP contribution in [0.3, 0.4) is 0 Å². The maximum absolute atomic E-state index is 9.01. The maximum Gasteiger partial charge on any atom is 0.108 e. The topological polar surface area (TPSA) is 42.3 Å². The van der Waals surface area contributed by atoms with Gasteiger partial charge < -0.3 is 10.2 Å². The molecule has 1 aliphatic rings.